The lowest BCUT2D eigenvalue weighted by molar-refractivity contribution is 0.251. The van der Waals surface area contributed by atoms with E-state index in [2.05, 4.69) is 39.8 Å². The van der Waals surface area contributed by atoms with Crippen LogP contribution in [0.3, 0.4) is 0 Å². The van der Waals surface area contributed by atoms with Crippen LogP contribution in [-0.2, 0) is 0 Å². The fourth-order valence-electron chi connectivity index (χ4n) is 3.46. The van der Waals surface area contributed by atoms with Gasteiger partial charge in [-0.05, 0) is 83.0 Å². The van der Waals surface area contributed by atoms with Crippen molar-refractivity contribution < 1.29 is 9.18 Å². The Labute approximate surface area is 181 Å². The van der Waals surface area contributed by atoms with Crippen LogP contribution < -0.4 is 16.4 Å². The molecule has 2 aliphatic rings. The minimum atomic E-state index is -0.289. The fraction of sp³-hybridized carbons (Fsp3) is 0.286. The number of thiophene rings is 1. The van der Waals surface area contributed by atoms with Gasteiger partial charge in [-0.25, -0.2) is 9.18 Å². The average molecular weight is 509 g/mol. The van der Waals surface area contributed by atoms with Crippen LogP contribution in [0.5, 0.6) is 0 Å². The summed E-state index contributed by atoms with van der Waals surface area (Å²) in [6.07, 6.45) is 6.65. The Morgan fingerprint density at radius 2 is 2.14 bits per heavy atom. The molecular weight excluding hydrogens is 488 g/mol. The third-order valence-electron chi connectivity index (χ3n) is 5.05. The number of carbonyl (C=O) groups excluding carboxylic acids is 1. The first-order chi connectivity index (χ1) is 13.5. The van der Waals surface area contributed by atoms with Crippen molar-refractivity contribution >= 4 is 56.9 Å². The van der Waals surface area contributed by atoms with Gasteiger partial charge < -0.3 is 16.4 Å². The van der Waals surface area contributed by atoms with E-state index < -0.39 is 0 Å². The molecule has 0 spiro atoms. The van der Waals surface area contributed by atoms with Crippen LogP contribution in [0.4, 0.5) is 20.6 Å². The standard InChI is InChI=1S/C21H21FIN3OS/c1-2-3-14(20-18(24)10-19(23)28-20)16-9-15(16)13-7-6-12(8-17(13)22)26-21(27)25-11-4-5-11/h2-3,6-8,10-11,15-16H,1,4-5,9,24H2,(H2,25,26,27)/b14-3-/t15?,16-/m1/s1. The Kier molecular flexibility index (Phi) is 5.46. The van der Waals surface area contributed by atoms with E-state index in [1.807, 2.05) is 12.1 Å². The van der Waals surface area contributed by atoms with Gasteiger partial charge in [0.15, 0.2) is 0 Å². The predicted octanol–water partition coefficient (Wildman–Crippen LogP) is 5.73. The Morgan fingerprint density at radius 1 is 1.36 bits per heavy atom. The number of carbonyl (C=O) groups is 1. The second kappa shape index (κ2) is 7.87. The SMILES string of the molecule is C=C/C=C(\c1sc(I)cc1N)[C@H]1CC1c1ccc(NC(=O)NC2CC2)cc1F. The number of rotatable bonds is 6. The Balaban J connectivity index is 1.49. The van der Waals surface area contributed by atoms with Crippen molar-refractivity contribution in [3.05, 3.63) is 62.1 Å². The van der Waals surface area contributed by atoms with Gasteiger partial charge in [-0.1, -0.05) is 24.8 Å². The van der Waals surface area contributed by atoms with Gasteiger partial charge in [-0.15, -0.1) is 11.3 Å². The first-order valence-electron chi connectivity index (χ1n) is 9.21. The lowest BCUT2D eigenvalue weighted by Gasteiger charge is -2.10. The predicted molar refractivity (Wildman–Crippen MR) is 122 cm³/mol. The fourth-order valence-corrected chi connectivity index (χ4v) is 5.35. The number of hydrogen-bond acceptors (Lipinski definition) is 3. The third kappa shape index (κ3) is 4.25. The van der Waals surface area contributed by atoms with Crippen LogP contribution in [0.2, 0.25) is 0 Å². The first-order valence-corrected chi connectivity index (χ1v) is 11.1. The van der Waals surface area contributed by atoms with E-state index in [9.17, 15) is 9.18 Å². The Hall–Kier alpha value is -1.87. The number of allylic oxidation sites excluding steroid dienone is 3. The van der Waals surface area contributed by atoms with Gasteiger partial charge in [0.2, 0.25) is 0 Å². The summed E-state index contributed by atoms with van der Waals surface area (Å²) in [4.78, 5) is 12.9. The third-order valence-corrected chi connectivity index (χ3v) is 7.01. The van der Waals surface area contributed by atoms with Crippen molar-refractivity contribution in [3.63, 3.8) is 0 Å². The largest absolute Gasteiger partial charge is 0.398 e. The number of anilines is 2. The van der Waals surface area contributed by atoms with Gasteiger partial charge in [-0.2, -0.15) is 0 Å². The first kappa shape index (κ1) is 19.4. The van der Waals surface area contributed by atoms with Crippen molar-refractivity contribution in [2.24, 2.45) is 5.92 Å². The zero-order valence-electron chi connectivity index (χ0n) is 15.2. The topological polar surface area (TPSA) is 67.1 Å². The molecule has 4 N–H and O–H groups in total. The van der Waals surface area contributed by atoms with Crippen molar-refractivity contribution in [1.29, 1.82) is 0 Å². The quantitative estimate of drug-likeness (QED) is 0.344. The lowest BCUT2D eigenvalue weighted by Crippen LogP contribution is -2.30. The normalized spacial score (nSPS) is 21.3. The van der Waals surface area contributed by atoms with Gasteiger partial charge in [0.05, 0.1) is 13.4 Å². The maximum atomic E-state index is 14.7. The van der Waals surface area contributed by atoms with E-state index in [0.717, 1.165) is 38.3 Å². The van der Waals surface area contributed by atoms with Crippen molar-refractivity contribution in [2.45, 2.75) is 31.2 Å². The van der Waals surface area contributed by atoms with Crippen LogP contribution in [0.15, 0.2) is 43.0 Å². The molecule has 7 heteroatoms. The molecule has 2 fully saturated rings. The molecule has 4 rings (SSSR count). The van der Waals surface area contributed by atoms with E-state index in [1.165, 1.54) is 6.07 Å². The van der Waals surface area contributed by atoms with E-state index in [1.54, 1.807) is 29.5 Å². The summed E-state index contributed by atoms with van der Waals surface area (Å²) >= 11 is 3.91. The molecule has 2 atom stereocenters. The number of nitrogens with one attached hydrogen (secondary N) is 2. The molecule has 4 nitrogen and oxygen atoms in total. The van der Waals surface area contributed by atoms with Gasteiger partial charge >= 0.3 is 6.03 Å². The van der Waals surface area contributed by atoms with Gasteiger partial charge in [0, 0.05) is 11.7 Å². The molecule has 2 saturated carbocycles. The lowest BCUT2D eigenvalue weighted by atomic mass is 10.0. The smallest absolute Gasteiger partial charge is 0.319 e. The van der Waals surface area contributed by atoms with Crippen LogP contribution in [-0.4, -0.2) is 12.1 Å². The van der Waals surface area contributed by atoms with Gasteiger partial charge in [0.25, 0.3) is 0 Å². The molecule has 1 heterocycles. The monoisotopic (exact) mass is 509 g/mol. The zero-order valence-corrected chi connectivity index (χ0v) is 18.1. The summed E-state index contributed by atoms with van der Waals surface area (Å²) in [6, 6.07) is 6.88. The number of nitrogen functional groups attached to an aromatic ring is 1. The summed E-state index contributed by atoms with van der Waals surface area (Å²) in [5, 5.41) is 5.53. The summed E-state index contributed by atoms with van der Waals surface area (Å²) in [6.45, 7) is 3.82. The summed E-state index contributed by atoms with van der Waals surface area (Å²) in [7, 11) is 0. The summed E-state index contributed by atoms with van der Waals surface area (Å²) < 4.78 is 15.9. The van der Waals surface area contributed by atoms with E-state index >= 15 is 0 Å². The van der Waals surface area contributed by atoms with Crippen molar-refractivity contribution in [3.8, 4) is 0 Å². The van der Waals surface area contributed by atoms with Crippen LogP contribution in [0.25, 0.3) is 5.57 Å². The van der Waals surface area contributed by atoms with E-state index in [-0.39, 0.29) is 29.7 Å². The highest BCUT2D eigenvalue weighted by molar-refractivity contribution is 14.1. The molecule has 1 unspecified atom stereocenters. The number of halogens is 2. The minimum Gasteiger partial charge on any atom is -0.398 e. The molecule has 1 aromatic heterocycles. The number of hydrogen-bond donors (Lipinski definition) is 3. The maximum absolute atomic E-state index is 14.7. The van der Waals surface area contributed by atoms with Crippen molar-refractivity contribution in [2.75, 3.05) is 11.1 Å². The molecule has 28 heavy (non-hydrogen) atoms. The van der Waals surface area contributed by atoms with Gasteiger partial charge in [-0.3, -0.25) is 0 Å². The molecule has 2 amide bonds. The minimum absolute atomic E-state index is 0.111. The number of benzene rings is 1. The molecule has 0 bridgehead atoms. The highest BCUT2D eigenvalue weighted by Gasteiger charge is 2.43. The van der Waals surface area contributed by atoms with Crippen LogP contribution in [0, 0.1) is 14.6 Å². The molecule has 146 valence electrons. The molecule has 0 radical (unpaired) electrons. The highest BCUT2D eigenvalue weighted by Crippen LogP contribution is 2.57. The van der Waals surface area contributed by atoms with Crippen LogP contribution in [0.1, 0.15) is 35.6 Å². The second-order valence-electron chi connectivity index (χ2n) is 7.25. The van der Waals surface area contributed by atoms with Gasteiger partial charge in [0.1, 0.15) is 5.82 Å². The summed E-state index contributed by atoms with van der Waals surface area (Å²) in [5.74, 6) is 0.0457. The van der Waals surface area contributed by atoms with Crippen molar-refractivity contribution in [1.82, 2.24) is 5.32 Å². The summed E-state index contributed by atoms with van der Waals surface area (Å²) in [5.41, 5.74) is 9.19. The number of nitrogens with two attached hydrogens (primary N) is 1. The molecular formula is C21H21FIN3OS. The molecule has 2 aliphatic carbocycles. The van der Waals surface area contributed by atoms with Crippen LogP contribution >= 0.6 is 33.9 Å². The Morgan fingerprint density at radius 3 is 2.75 bits per heavy atom. The molecule has 2 aromatic rings. The van der Waals surface area contributed by atoms with E-state index in [0.29, 0.717) is 11.3 Å². The average Bonchev–Trinajstić information content (AvgIpc) is 3.54. The highest BCUT2D eigenvalue weighted by atomic mass is 127. The molecule has 0 aliphatic heterocycles. The number of amides is 2. The second-order valence-corrected chi connectivity index (χ2v) is 10.2. The molecule has 1 aromatic carbocycles. The zero-order chi connectivity index (χ0) is 19.8. The number of urea groups is 1. The molecule has 0 saturated heterocycles. The van der Waals surface area contributed by atoms with E-state index in [4.69, 9.17) is 5.73 Å². The Bertz CT molecular complexity index is 967. The maximum Gasteiger partial charge on any atom is 0.319 e.